The minimum Gasteiger partial charge on any atom is -0.497 e. The molecule has 0 saturated heterocycles. The first-order chi connectivity index (χ1) is 12.6. The number of benzene rings is 1. The van der Waals surface area contributed by atoms with Crippen molar-refractivity contribution in [1.82, 2.24) is 9.55 Å². The first-order valence-corrected chi connectivity index (χ1v) is 9.40. The molecule has 3 rings (SSSR count). The van der Waals surface area contributed by atoms with Gasteiger partial charge in [-0.15, -0.1) is 0 Å². The van der Waals surface area contributed by atoms with Gasteiger partial charge in [-0.25, -0.2) is 14.6 Å². The van der Waals surface area contributed by atoms with Crippen LogP contribution in [0.3, 0.4) is 0 Å². The number of nitrogens with zero attached hydrogens (tertiary/aromatic N) is 2. The van der Waals surface area contributed by atoms with Crippen molar-refractivity contribution in [2.75, 3.05) is 12.4 Å². The molecule has 0 aliphatic heterocycles. The molecule has 6 nitrogen and oxygen atoms in total. The molecule has 2 heterocycles. The van der Waals surface area contributed by atoms with Crippen LogP contribution in [0, 0.1) is 0 Å². The summed E-state index contributed by atoms with van der Waals surface area (Å²) < 4.78 is 11.1. The molecule has 0 amide bonds. The van der Waals surface area contributed by atoms with E-state index < -0.39 is 11.4 Å². The Morgan fingerprint density at radius 1 is 1.19 bits per heavy atom. The maximum absolute atomic E-state index is 11.9. The van der Waals surface area contributed by atoms with Gasteiger partial charge in [0.2, 0.25) is 0 Å². The van der Waals surface area contributed by atoms with Crippen molar-refractivity contribution in [3.8, 4) is 5.75 Å². The molecule has 0 aliphatic rings. The van der Waals surface area contributed by atoms with E-state index in [1.54, 1.807) is 31.4 Å². The molecule has 0 spiro atoms. The highest BCUT2D eigenvalue weighted by Crippen LogP contribution is 2.13. The van der Waals surface area contributed by atoms with Gasteiger partial charge in [0, 0.05) is 11.5 Å². The van der Waals surface area contributed by atoms with Gasteiger partial charge in [0.1, 0.15) is 11.1 Å². The summed E-state index contributed by atoms with van der Waals surface area (Å²) in [5.41, 5.74) is 0.516. The Bertz CT molecular complexity index is 946. The first-order valence-electron chi connectivity index (χ1n) is 8.28. The zero-order chi connectivity index (χ0) is 18.9. The molecule has 0 fully saturated rings. The highest BCUT2D eigenvalue weighted by molar-refractivity contribution is 9.09. The third kappa shape index (κ3) is 5.05. The van der Waals surface area contributed by atoms with E-state index >= 15 is 0 Å². The molecule has 0 bridgehead atoms. The smallest absolute Gasteiger partial charge is 0.423 e. The average molecular weight is 421 g/mol. The number of halogens is 1. The Labute approximate surface area is 159 Å². The van der Waals surface area contributed by atoms with Crippen LogP contribution in [0.5, 0.6) is 5.75 Å². The molecule has 0 atom stereocenters. The molecule has 0 saturated carbocycles. The van der Waals surface area contributed by atoms with Crippen molar-refractivity contribution >= 4 is 27.0 Å². The number of ether oxygens (including phenoxy) is 1. The Morgan fingerprint density at radius 3 is 2.50 bits per heavy atom. The van der Waals surface area contributed by atoms with Crippen molar-refractivity contribution < 1.29 is 9.15 Å². The third-order valence-electron chi connectivity index (χ3n) is 3.65. The van der Waals surface area contributed by atoms with Gasteiger partial charge in [-0.3, -0.25) is 4.57 Å². The standard InChI is InChI=1S/C15H12N2O4.C4H9Br/c1-20-11-6-4-10(5-7-11)9-17-13-12(3-2-8-16-13)14(18)21-15(17)19;1-2-3-4-5/h2-8H,9H2,1H3;2-4H2,1H3. The predicted molar refractivity (Wildman–Crippen MR) is 105 cm³/mol. The van der Waals surface area contributed by atoms with Crippen LogP contribution in [0.25, 0.3) is 11.0 Å². The third-order valence-corrected chi connectivity index (χ3v) is 4.21. The average Bonchev–Trinajstić information content (AvgIpc) is 2.67. The fourth-order valence-corrected chi connectivity index (χ4v) is 2.79. The van der Waals surface area contributed by atoms with E-state index in [0.29, 0.717) is 5.65 Å². The number of pyridine rings is 1. The van der Waals surface area contributed by atoms with E-state index in [9.17, 15) is 9.59 Å². The maximum atomic E-state index is 11.9. The molecule has 7 heteroatoms. The second-order valence-electron chi connectivity index (χ2n) is 5.51. The van der Waals surface area contributed by atoms with Gasteiger partial charge < -0.3 is 9.15 Å². The number of unbranched alkanes of at least 4 members (excludes halogenated alkanes) is 1. The van der Waals surface area contributed by atoms with E-state index in [1.165, 1.54) is 23.6 Å². The number of hydrogen-bond donors (Lipinski definition) is 0. The van der Waals surface area contributed by atoms with E-state index in [1.807, 2.05) is 12.1 Å². The van der Waals surface area contributed by atoms with Crippen molar-refractivity contribution in [3.63, 3.8) is 0 Å². The number of rotatable bonds is 5. The van der Waals surface area contributed by atoms with E-state index in [4.69, 9.17) is 9.15 Å². The fourth-order valence-electron chi connectivity index (χ4n) is 2.23. The summed E-state index contributed by atoms with van der Waals surface area (Å²) >= 11 is 3.31. The summed E-state index contributed by atoms with van der Waals surface area (Å²) in [5, 5.41) is 1.44. The minimum atomic E-state index is -0.720. The summed E-state index contributed by atoms with van der Waals surface area (Å²) in [7, 11) is 1.59. The van der Waals surface area contributed by atoms with Crippen molar-refractivity contribution in [2.24, 2.45) is 0 Å². The highest BCUT2D eigenvalue weighted by atomic mass is 79.9. The Morgan fingerprint density at radius 2 is 1.92 bits per heavy atom. The van der Waals surface area contributed by atoms with Gasteiger partial charge >= 0.3 is 11.4 Å². The Balaban J connectivity index is 0.000000431. The van der Waals surface area contributed by atoms with Crippen LogP contribution in [0.1, 0.15) is 25.3 Å². The lowest BCUT2D eigenvalue weighted by Gasteiger charge is -2.08. The largest absolute Gasteiger partial charge is 0.497 e. The lowest BCUT2D eigenvalue weighted by molar-refractivity contribution is 0.414. The van der Waals surface area contributed by atoms with Crippen molar-refractivity contribution in [1.29, 1.82) is 0 Å². The first kappa shape index (κ1) is 19.9. The molecular formula is C19H21BrN2O4. The van der Waals surface area contributed by atoms with Gasteiger partial charge in [0.15, 0.2) is 5.65 Å². The zero-order valence-electron chi connectivity index (χ0n) is 14.8. The molecule has 26 heavy (non-hydrogen) atoms. The van der Waals surface area contributed by atoms with Crippen molar-refractivity contribution in [2.45, 2.75) is 26.3 Å². The van der Waals surface area contributed by atoms with Gasteiger partial charge in [0.05, 0.1) is 13.7 Å². The highest BCUT2D eigenvalue weighted by Gasteiger charge is 2.10. The van der Waals surface area contributed by atoms with E-state index in [-0.39, 0.29) is 11.9 Å². The van der Waals surface area contributed by atoms with Gasteiger partial charge in [-0.05, 0) is 36.2 Å². The topological polar surface area (TPSA) is 74.3 Å². The van der Waals surface area contributed by atoms with E-state index in [2.05, 4.69) is 27.8 Å². The lowest BCUT2D eigenvalue weighted by Crippen LogP contribution is -2.26. The maximum Gasteiger partial charge on any atom is 0.423 e. The number of alkyl halides is 1. The summed E-state index contributed by atoms with van der Waals surface area (Å²) in [5.74, 6) is 0.00990. The minimum absolute atomic E-state index is 0.264. The zero-order valence-corrected chi connectivity index (χ0v) is 16.4. The number of aromatic nitrogens is 2. The second-order valence-corrected chi connectivity index (χ2v) is 6.30. The molecule has 2 aromatic heterocycles. The molecule has 3 aromatic rings. The fraction of sp³-hybridized carbons (Fsp3) is 0.316. The van der Waals surface area contributed by atoms with Crippen LogP contribution in [-0.4, -0.2) is 22.0 Å². The van der Waals surface area contributed by atoms with Gasteiger partial charge in [-0.2, -0.15) is 0 Å². The van der Waals surface area contributed by atoms with Crippen LogP contribution < -0.4 is 16.1 Å². The number of hydrogen-bond acceptors (Lipinski definition) is 5. The van der Waals surface area contributed by atoms with E-state index in [0.717, 1.165) is 16.6 Å². The molecule has 0 aliphatic carbocycles. The van der Waals surface area contributed by atoms with Crippen LogP contribution in [0.15, 0.2) is 56.6 Å². The number of fused-ring (bicyclic) bond motifs is 1. The quantitative estimate of drug-likeness (QED) is 0.589. The molecular weight excluding hydrogens is 400 g/mol. The summed E-state index contributed by atoms with van der Waals surface area (Å²) in [6, 6.07) is 10.5. The van der Waals surface area contributed by atoms with Gasteiger partial charge in [-0.1, -0.05) is 41.4 Å². The van der Waals surface area contributed by atoms with Gasteiger partial charge in [0.25, 0.3) is 0 Å². The monoisotopic (exact) mass is 420 g/mol. The normalized spacial score (nSPS) is 10.3. The summed E-state index contributed by atoms with van der Waals surface area (Å²) in [6.45, 7) is 2.45. The molecule has 138 valence electrons. The predicted octanol–water partition coefficient (Wildman–Crippen LogP) is 3.59. The van der Waals surface area contributed by atoms with Crippen molar-refractivity contribution in [3.05, 3.63) is 69.1 Å². The Kier molecular flexibility index (Phi) is 7.59. The molecule has 1 aromatic carbocycles. The van der Waals surface area contributed by atoms with Crippen LogP contribution in [0.4, 0.5) is 0 Å². The molecule has 0 radical (unpaired) electrons. The van der Waals surface area contributed by atoms with Crippen LogP contribution in [-0.2, 0) is 6.54 Å². The number of methoxy groups -OCH3 is 1. The molecule has 0 unspecified atom stereocenters. The second kappa shape index (κ2) is 9.91. The van der Waals surface area contributed by atoms with Crippen LogP contribution >= 0.6 is 15.9 Å². The van der Waals surface area contributed by atoms with Crippen LogP contribution in [0.2, 0.25) is 0 Å². The molecule has 0 N–H and O–H groups in total. The SMILES string of the molecule is CCCCBr.COc1ccc(Cn2c(=O)oc(=O)c3cccnc32)cc1. The summed E-state index contributed by atoms with van der Waals surface area (Å²) in [4.78, 5) is 27.7. The summed E-state index contributed by atoms with van der Waals surface area (Å²) in [6.07, 6.45) is 4.14. The lowest BCUT2D eigenvalue weighted by atomic mass is 10.2. The Hall–Kier alpha value is -2.41.